The number of hydrogen-bond acceptors (Lipinski definition) is 5. The van der Waals surface area contributed by atoms with E-state index in [0.29, 0.717) is 25.4 Å². The number of nitrogens with zero attached hydrogens (tertiary/aromatic N) is 3. The molecule has 3 heterocycles. The van der Waals surface area contributed by atoms with Crippen molar-refractivity contribution in [1.29, 1.82) is 0 Å². The molecule has 31 heavy (non-hydrogen) atoms. The smallest absolute Gasteiger partial charge is 0.289 e. The van der Waals surface area contributed by atoms with Gasteiger partial charge in [-0.2, -0.15) is 0 Å². The number of rotatable bonds is 4. The molecule has 168 valence electrons. The van der Waals surface area contributed by atoms with Gasteiger partial charge in [0.05, 0.1) is 6.26 Å². The Morgan fingerprint density at radius 3 is 2.48 bits per heavy atom. The van der Waals surface area contributed by atoms with Crippen molar-refractivity contribution in [2.45, 2.75) is 19.3 Å². The summed E-state index contributed by atoms with van der Waals surface area (Å²) in [5, 5.41) is 3.50. The van der Waals surface area contributed by atoms with Gasteiger partial charge in [-0.3, -0.25) is 9.79 Å². The summed E-state index contributed by atoms with van der Waals surface area (Å²) >= 11 is 0. The van der Waals surface area contributed by atoms with Crippen LogP contribution in [0, 0.1) is 0 Å². The first-order valence-corrected chi connectivity index (χ1v) is 10.2. The first-order chi connectivity index (χ1) is 14.5. The maximum absolute atomic E-state index is 12.5. The molecule has 8 nitrogen and oxygen atoms in total. The molecule has 1 amide bonds. The van der Waals surface area contributed by atoms with Crippen LogP contribution in [0.15, 0.2) is 46.0 Å². The van der Waals surface area contributed by atoms with Crippen molar-refractivity contribution < 1.29 is 18.7 Å². The van der Waals surface area contributed by atoms with Crippen molar-refractivity contribution in [3.63, 3.8) is 0 Å². The van der Waals surface area contributed by atoms with Crippen LogP contribution in [0.3, 0.4) is 0 Å². The molecule has 0 spiro atoms. The van der Waals surface area contributed by atoms with Gasteiger partial charge in [0, 0.05) is 45.2 Å². The van der Waals surface area contributed by atoms with E-state index in [4.69, 9.17) is 13.9 Å². The molecule has 0 radical (unpaired) electrons. The summed E-state index contributed by atoms with van der Waals surface area (Å²) in [6, 6.07) is 9.52. The average Bonchev–Trinajstić information content (AvgIpc) is 3.45. The molecular formula is C22H29IN4O4. The number of guanidine groups is 1. The molecule has 9 heteroatoms. The highest BCUT2D eigenvalue weighted by atomic mass is 127. The molecular weight excluding hydrogens is 511 g/mol. The molecule has 2 aromatic rings. The number of carbonyl (C=O) groups is 1. The molecule has 0 saturated carbocycles. The number of furan rings is 1. The predicted octanol–water partition coefficient (Wildman–Crippen LogP) is 2.94. The number of nitrogens with one attached hydrogen (secondary N) is 1. The van der Waals surface area contributed by atoms with Gasteiger partial charge in [0.1, 0.15) is 0 Å². The maximum Gasteiger partial charge on any atom is 0.289 e. The van der Waals surface area contributed by atoms with Crippen LogP contribution in [0.4, 0.5) is 0 Å². The first-order valence-electron chi connectivity index (χ1n) is 10.2. The van der Waals surface area contributed by atoms with Gasteiger partial charge in [-0.1, -0.05) is 19.9 Å². The van der Waals surface area contributed by atoms with Crippen LogP contribution in [-0.4, -0.2) is 68.2 Å². The highest BCUT2D eigenvalue weighted by Gasteiger charge is 2.28. The molecule has 1 fully saturated rings. The second-order valence-corrected chi connectivity index (χ2v) is 8.11. The van der Waals surface area contributed by atoms with E-state index in [-0.39, 0.29) is 42.1 Å². The molecule has 1 aromatic heterocycles. The lowest BCUT2D eigenvalue weighted by Crippen LogP contribution is -2.54. The third kappa shape index (κ3) is 5.08. The van der Waals surface area contributed by atoms with Gasteiger partial charge in [0.15, 0.2) is 23.2 Å². The molecule has 0 unspecified atom stereocenters. The van der Waals surface area contributed by atoms with Gasteiger partial charge in [0.2, 0.25) is 6.79 Å². The zero-order valence-corrected chi connectivity index (χ0v) is 20.4. The fraction of sp³-hybridized carbons (Fsp3) is 0.455. The Labute approximate surface area is 199 Å². The third-order valence-corrected chi connectivity index (χ3v) is 5.65. The number of aliphatic imine (C=N–C) groups is 1. The lowest BCUT2D eigenvalue weighted by Gasteiger charge is -2.37. The average molecular weight is 540 g/mol. The van der Waals surface area contributed by atoms with Crippen molar-refractivity contribution in [3.05, 3.63) is 47.9 Å². The SMILES string of the molecule is CN=C(NCC(C)(C)c1ccc2c(c1)OCO2)N1CCN(C(=O)c2ccco2)CC1.I. The number of ether oxygens (including phenoxy) is 2. The Balaban J connectivity index is 0.00000272. The highest BCUT2D eigenvalue weighted by molar-refractivity contribution is 14.0. The van der Waals surface area contributed by atoms with E-state index in [9.17, 15) is 4.79 Å². The Morgan fingerprint density at radius 1 is 1.10 bits per heavy atom. The summed E-state index contributed by atoms with van der Waals surface area (Å²) in [6.45, 7) is 8.06. The summed E-state index contributed by atoms with van der Waals surface area (Å²) in [4.78, 5) is 20.9. The summed E-state index contributed by atoms with van der Waals surface area (Å²) in [5.74, 6) is 2.75. The van der Waals surface area contributed by atoms with Gasteiger partial charge in [-0.25, -0.2) is 0 Å². The molecule has 4 rings (SSSR count). The molecule has 1 N–H and O–H groups in total. The molecule has 1 aromatic carbocycles. The number of halogens is 1. The lowest BCUT2D eigenvalue weighted by atomic mass is 9.84. The van der Waals surface area contributed by atoms with E-state index >= 15 is 0 Å². The van der Waals surface area contributed by atoms with E-state index in [1.165, 1.54) is 11.8 Å². The van der Waals surface area contributed by atoms with Crippen molar-refractivity contribution in [3.8, 4) is 11.5 Å². The van der Waals surface area contributed by atoms with Crippen LogP contribution < -0.4 is 14.8 Å². The Hall–Kier alpha value is -2.43. The zero-order valence-electron chi connectivity index (χ0n) is 18.1. The Bertz CT molecular complexity index is 922. The number of amides is 1. The predicted molar refractivity (Wildman–Crippen MR) is 129 cm³/mol. The second kappa shape index (κ2) is 9.80. The van der Waals surface area contributed by atoms with Gasteiger partial charge in [-0.15, -0.1) is 24.0 Å². The summed E-state index contributed by atoms with van der Waals surface area (Å²) in [7, 11) is 1.79. The molecule has 2 aliphatic heterocycles. The van der Waals surface area contributed by atoms with Gasteiger partial charge >= 0.3 is 0 Å². The van der Waals surface area contributed by atoms with Crippen molar-refractivity contribution in [2.24, 2.45) is 4.99 Å². The summed E-state index contributed by atoms with van der Waals surface area (Å²) in [6.07, 6.45) is 1.52. The maximum atomic E-state index is 12.5. The summed E-state index contributed by atoms with van der Waals surface area (Å²) < 4.78 is 16.2. The van der Waals surface area contributed by atoms with Crippen LogP contribution in [0.25, 0.3) is 0 Å². The van der Waals surface area contributed by atoms with Crippen LogP contribution in [0.1, 0.15) is 30.0 Å². The van der Waals surface area contributed by atoms with Gasteiger partial charge in [0.25, 0.3) is 5.91 Å². The van der Waals surface area contributed by atoms with Crippen molar-refractivity contribution in [2.75, 3.05) is 46.6 Å². The van der Waals surface area contributed by atoms with Gasteiger partial charge in [-0.05, 0) is 29.8 Å². The number of fused-ring (bicyclic) bond motifs is 1. The molecule has 0 bridgehead atoms. The number of hydrogen-bond donors (Lipinski definition) is 1. The van der Waals surface area contributed by atoms with Gasteiger partial charge < -0.3 is 29.0 Å². The highest BCUT2D eigenvalue weighted by Crippen LogP contribution is 2.36. The second-order valence-electron chi connectivity index (χ2n) is 8.11. The normalized spacial score (nSPS) is 16.2. The van der Waals surface area contributed by atoms with Crippen LogP contribution in [-0.2, 0) is 5.41 Å². The molecule has 2 aliphatic rings. The standard InChI is InChI=1S/C22H28N4O4.HI/c1-22(2,16-6-7-17-19(13-16)30-15-29-17)14-24-21(23-3)26-10-8-25(9-11-26)20(27)18-5-4-12-28-18;/h4-7,12-13H,8-11,14-15H2,1-3H3,(H,23,24);1H. The quantitative estimate of drug-likeness (QED) is 0.365. The Morgan fingerprint density at radius 2 is 1.81 bits per heavy atom. The largest absolute Gasteiger partial charge is 0.459 e. The van der Waals surface area contributed by atoms with Crippen LogP contribution in [0.5, 0.6) is 11.5 Å². The van der Waals surface area contributed by atoms with Crippen LogP contribution >= 0.6 is 24.0 Å². The fourth-order valence-corrected chi connectivity index (χ4v) is 3.73. The van der Waals surface area contributed by atoms with Crippen LogP contribution in [0.2, 0.25) is 0 Å². The topological polar surface area (TPSA) is 79.5 Å². The molecule has 0 atom stereocenters. The van der Waals surface area contributed by atoms with E-state index in [0.717, 1.165) is 30.5 Å². The monoisotopic (exact) mass is 540 g/mol. The fourth-order valence-electron chi connectivity index (χ4n) is 3.73. The number of piperazine rings is 1. The molecule has 1 saturated heterocycles. The van der Waals surface area contributed by atoms with E-state index in [1.807, 2.05) is 17.0 Å². The van der Waals surface area contributed by atoms with E-state index < -0.39 is 0 Å². The third-order valence-electron chi connectivity index (χ3n) is 5.65. The minimum Gasteiger partial charge on any atom is -0.459 e. The number of carbonyl (C=O) groups excluding carboxylic acids is 1. The van der Waals surface area contributed by atoms with Crippen molar-refractivity contribution >= 4 is 35.8 Å². The Kier molecular flexibility index (Phi) is 7.34. The molecule has 0 aliphatic carbocycles. The van der Waals surface area contributed by atoms with E-state index in [1.54, 1.807) is 19.2 Å². The minimum atomic E-state index is -0.131. The lowest BCUT2D eigenvalue weighted by molar-refractivity contribution is 0.0657. The van der Waals surface area contributed by atoms with Crippen molar-refractivity contribution in [1.82, 2.24) is 15.1 Å². The number of benzene rings is 1. The first kappa shape index (κ1) is 23.2. The minimum absolute atomic E-state index is 0. The summed E-state index contributed by atoms with van der Waals surface area (Å²) in [5.41, 5.74) is 1.04. The van der Waals surface area contributed by atoms with E-state index in [2.05, 4.69) is 35.1 Å². The zero-order chi connectivity index (χ0) is 21.1.